The number of carbonyl (C=O) groups excluding carboxylic acids is 1. The molecule has 234 valence electrons. The number of anilines is 1. The number of piperidine rings is 1. The number of carbonyl (C=O) groups is 1. The topological polar surface area (TPSA) is 128 Å². The van der Waals surface area contributed by atoms with Gasteiger partial charge >= 0.3 is 6.55 Å². The van der Waals surface area contributed by atoms with Crippen molar-refractivity contribution < 1.29 is 26.7 Å². The van der Waals surface area contributed by atoms with Gasteiger partial charge in [-0.05, 0) is 75.6 Å². The Balaban J connectivity index is 1.35. The monoisotopic (exact) mass is 627 g/mol. The third-order valence-electron chi connectivity index (χ3n) is 9.30. The van der Waals surface area contributed by atoms with Crippen LogP contribution in [0.4, 0.5) is 14.6 Å². The third-order valence-corrected chi connectivity index (χ3v) is 10.4. The first-order chi connectivity index (χ1) is 21.0. The molecule has 3 atom stereocenters. The lowest BCUT2D eigenvalue weighted by Gasteiger charge is -2.35. The van der Waals surface area contributed by atoms with Crippen LogP contribution in [-0.2, 0) is 16.6 Å². The van der Waals surface area contributed by atoms with Crippen molar-refractivity contribution >= 4 is 38.4 Å². The number of nitrogens with two attached hydrogens (primary N) is 1. The molecule has 7 rings (SSSR count). The first-order valence-corrected chi connectivity index (χ1v) is 16.7. The van der Waals surface area contributed by atoms with Gasteiger partial charge in [0.25, 0.3) is 5.91 Å². The fourth-order valence-corrected chi connectivity index (χ4v) is 7.82. The van der Waals surface area contributed by atoms with Crippen LogP contribution in [0.3, 0.4) is 0 Å². The predicted octanol–water partition coefficient (Wildman–Crippen LogP) is 4.16. The number of imidazole rings is 1. The molecule has 4 aromatic heterocycles. The molecule has 11 nitrogen and oxygen atoms in total. The number of aryl methyl sites for hydroxylation is 1. The van der Waals surface area contributed by atoms with Gasteiger partial charge < -0.3 is 19.9 Å². The number of amides is 1. The van der Waals surface area contributed by atoms with Crippen molar-refractivity contribution in [1.82, 2.24) is 23.8 Å². The Hall–Kier alpha value is -3.78. The third kappa shape index (κ3) is 4.69. The average Bonchev–Trinajstić information content (AvgIpc) is 3.60. The summed E-state index contributed by atoms with van der Waals surface area (Å²) in [6.07, 6.45) is 6.50. The van der Waals surface area contributed by atoms with Gasteiger partial charge in [-0.1, -0.05) is 0 Å². The maximum absolute atomic E-state index is 13.9. The van der Waals surface area contributed by atoms with Gasteiger partial charge in [0.05, 0.1) is 24.8 Å². The van der Waals surface area contributed by atoms with Gasteiger partial charge in [0.1, 0.15) is 22.8 Å². The van der Waals surface area contributed by atoms with Gasteiger partial charge in [-0.2, -0.15) is 13.1 Å². The van der Waals surface area contributed by atoms with Crippen LogP contribution >= 0.6 is 0 Å². The fraction of sp³-hybridized carbons (Fsp3) is 0.500. The summed E-state index contributed by atoms with van der Waals surface area (Å²) in [4.78, 5) is 25.2. The zero-order valence-corrected chi connectivity index (χ0v) is 25.6. The number of hydrogen-bond donors (Lipinski definition) is 1. The zero-order valence-electron chi connectivity index (χ0n) is 24.8. The number of ether oxygens (including phenoxy) is 1. The summed E-state index contributed by atoms with van der Waals surface area (Å²) in [7, 11) is -2.72. The molecular formula is C30H35F2N7O4S. The molecule has 2 bridgehead atoms. The van der Waals surface area contributed by atoms with E-state index in [-0.39, 0.29) is 34.2 Å². The number of aromatic nitrogens is 4. The highest BCUT2D eigenvalue weighted by Gasteiger charge is 2.44. The van der Waals surface area contributed by atoms with Crippen LogP contribution in [0.5, 0.6) is 5.88 Å². The SMILES string of the molecule is COc1cc(C(=O)N2[C@H]3CCC[C@@H]2[C@H](N)C3)cc2nc(-c3cc4ccc(N(C(F)F)S(C)(=O)=O)nc4n3CC3CC3)c(C)n12. The number of halogens is 2. The Morgan fingerprint density at radius 1 is 1.16 bits per heavy atom. The van der Waals surface area contributed by atoms with Gasteiger partial charge in [-0.25, -0.2) is 18.4 Å². The van der Waals surface area contributed by atoms with E-state index in [2.05, 4.69) is 4.98 Å². The van der Waals surface area contributed by atoms with E-state index in [9.17, 15) is 22.0 Å². The van der Waals surface area contributed by atoms with Crippen LogP contribution in [0.1, 0.15) is 54.6 Å². The van der Waals surface area contributed by atoms with E-state index >= 15 is 0 Å². The Morgan fingerprint density at radius 2 is 1.93 bits per heavy atom. The molecule has 0 radical (unpaired) electrons. The minimum absolute atomic E-state index is 0.0231. The normalized spacial score (nSPS) is 22.0. The van der Waals surface area contributed by atoms with Gasteiger partial charge in [-0.15, -0.1) is 0 Å². The summed E-state index contributed by atoms with van der Waals surface area (Å²) in [5.74, 6) is 0.421. The second kappa shape index (κ2) is 10.4. The second-order valence-corrected chi connectivity index (χ2v) is 14.2. The van der Waals surface area contributed by atoms with Crippen LogP contribution in [0.15, 0.2) is 30.3 Å². The van der Waals surface area contributed by atoms with Crippen molar-refractivity contribution in [1.29, 1.82) is 0 Å². The lowest BCUT2D eigenvalue weighted by atomic mass is 10.0. The Morgan fingerprint density at radius 3 is 2.59 bits per heavy atom. The molecule has 4 aromatic rings. The molecule has 1 saturated carbocycles. The summed E-state index contributed by atoms with van der Waals surface area (Å²) in [6, 6.07) is 8.44. The molecule has 0 spiro atoms. The smallest absolute Gasteiger partial charge is 0.329 e. The minimum atomic E-state index is -4.27. The number of fused-ring (bicyclic) bond motifs is 4. The molecule has 3 fully saturated rings. The summed E-state index contributed by atoms with van der Waals surface area (Å²) in [6.45, 7) is -0.791. The Bertz CT molecular complexity index is 1900. The lowest BCUT2D eigenvalue weighted by Crippen LogP contribution is -2.47. The Labute approximate surface area is 253 Å². The van der Waals surface area contributed by atoms with Crippen molar-refractivity contribution in [2.75, 3.05) is 17.7 Å². The fourth-order valence-electron chi connectivity index (χ4n) is 7.09. The van der Waals surface area contributed by atoms with Gasteiger partial charge in [0.15, 0.2) is 5.88 Å². The molecule has 2 saturated heterocycles. The summed E-state index contributed by atoms with van der Waals surface area (Å²) in [5, 5.41) is 0.670. The highest BCUT2D eigenvalue weighted by atomic mass is 32.2. The van der Waals surface area contributed by atoms with Gasteiger partial charge in [0, 0.05) is 41.7 Å². The van der Waals surface area contributed by atoms with E-state index in [4.69, 9.17) is 15.5 Å². The number of alkyl halides is 2. The molecule has 6 heterocycles. The standard InChI is InChI=1S/C30H35F2N7O4S/c1-16-27(23-11-18-9-10-24(39(30(31)32)44(3,41)42)35-28(18)36(23)15-17-7-8-17)34-25-12-19(13-26(43-2)37(16)25)29(40)38-20-5-4-6-22(38)21(33)14-20/h9-13,17,20-22,30H,4-8,14-15,33H2,1-3H3/t20-,21+,22+/m0/s1. The van der Waals surface area contributed by atoms with Crippen molar-refractivity contribution in [3.63, 3.8) is 0 Å². The van der Waals surface area contributed by atoms with E-state index < -0.39 is 16.6 Å². The van der Waals surface area contributed by atoms with Crippen molar-refractivity contribution in [2.24, 2.45) is 11.7 Å². The van der Waals surface area contributed by atoms with E-state index in [1.54, 1.807) is 25.3 Å². The second-order valence-electron chi connectivity index (χ2n) is 12.3. The highest BCUT2D eigenvalue weighted by Crippen LogP contribution is 2.39. The predicted molar refractivity (Wildman–Crippen MR) is 161 cm³/mol. The molecule has 2 aliphatic heterocycles. The van der Waals surface area contributed by atoms with Crippen LogP contribution in [0.2, 0.25) is 0 Å². The molecular weight excluding hydrogens is 592 g/mol. The van der Waals surface area contributed by atoms with E-state index in [0.717, 1.165) is 56.2 Å². The number of sulfonamides is 1. The zero-order chi connectivity index (χ0) is 31.1. The van der Waals surface area contributed by atoms with Crippen molar-refractivity contribution in [2.45, 2.75) is 76.7 Å². The molecule has 1 aliphatic carbocycles. The summed E-state index contributed by atoms with van der Waals surface area (Å²) < 4.78 is 61.6. The highest BCUT2D eigenvalue weighted by molar-refractivity contribution is 7.92. The lowest BCUT2D eigenvalue weighted by molar-refractivity contribution is 0.0587. The maximum atomic E-state index is 13.9. The number of hydrogen-bond acceptors (Lipinski definition) is 7. The molecule has 14 heteroatoms. The molecule has 0 aromatic carbocycles. The van der Waals surface area contributed by atoms with E-state index in [1.807, 2.05) is 26.9 Å². The molecule has 0 unspecified atom stereocenters. The minimum Gasteiger partial charge on any atom is -0.482 e. The first-order valence-electron chi connectivity index (χ1n) is 14.9. The van der Waals surface area contributed by atoms with Gasteiger partial charge in [-0.3, -0.25) is 9.20 Å². The maximum Gasteiger partial charge on any atom is 0.329 e. The number of pyridine rings is 2. The quantitative estimate of drug-likeness (QED) is 0.291. The summed E-state index contributed by atoms with van der Waals surface area (Å²) in [5.41, 5.74) is 9.92. The molecule has 1 amide bonds. The van der Waals surface area contributed by atoms with Crippen LogP contribution in [-0.4, -0.2) is 76.2 Å². The molecule has 3 aliphatic rings. The molecule has 44 heavy (non-hydrogen) atoms. The number of rotatable bonds is 8. The Kier molecular flexibility index (Phi) is 6.85. The van der Waals surface area contributed by atoms with E-state index in [1.165, 1.54) is 6.07 Å². The van der Waals surface area contributed by atoms with Crippen LogP contribution in [0.25, 0.3) is 28.1 Å². The summed E-state index contributed by atoms with van der Waals surface area (Å²) >= 11 is 0. The largest absolute Gasteiger partial charge is 0.482 e. The van der Waals surface area contributed by atoms with Crippen LogP contribution in [0, 0.1) is 12.8 Å². The molecule has 2 N–H and O–H groups in total. The van der Waals surface area contributed by atoms with Gasteiger partial charge in [0.2, 0.25) is 10.0 Å². The number of methoxy groups -OCH3 is 1. The first kappa shape index (κ1) is 29.0. The van der Waals surface area contributed by atoms with Crippen LogP contribution < -0.4 is 14.8 Å². The number of nitrogens with zero attached hydrogens (tertiary/aromatic N) is 6. The van der Waals surface area contributed by atoms with Crippen molar-refractivity contribution in [3.05, 3.63) is 41.6 Å². The van der Waals surface area contributed by atoms with E-state index in [0.29, 0.717) is 46.3 Å². The van der Waals surface area contributed by atoms with Crippen molar-refractivity contribution in [3.8, 4) is 17.3 Å². The average molecular weight is 628 g/mol.